The maximum atomic E-state index is 12.9. The minimum atomic E-state index is -1.57. The van der Waals surface area contributed by atoms with Gasteiger partial charge in [-0.2, -0.15) is 0 Å². The lowest BCUT2D eigenvalue weighted by Crippen LogP contribution is -2.60. The van der Waals surface area contributed by atoms with Gasteiger partial charge in [-0.3, -0.25) is 4.79 Å². The summed E-state index contributed by atoms with van der Waals surface area (Å²) < 4.78 is 11.2. The zero-order chi connectivity index (χ0) is 38.8. The molecule has 0 aromatic heterocycles. The number of aliphatic hydroxyl groups is 5. The van der Waals surface area contributed by atoms with E-state index in [1.165, 1.54) is 77.0 Å². The summed E-state index contributed by atoms with van der Waals surface area (Å²) in [7, 11) is 0. The van der Waals surface area contributed by atoms with Crippen LogP contribution in [-0.4, -0.2) is 87.5 Å². The van der Waals surface area contributed by atoms with Crippen LogP contribution in [0, 0.1) is 0 Å². The van der Waals surface area contributed by atoms with Crippen molar-refractivity contribution in [2.75, 3.05) is 13.2 Å². The quantitative estimate of drug-likeness (QED) is 0.0285. The van der Waals surface area contributed by atoms with Crippen LogP contribution >= 0.6 is 0 Å². The summed E-state index contributed by atoms with van der Waals surface area (Å²) in [6.45, 7) is 3.63. The van der Waals surface area contributed by atoms with Crippen LogP contribution in [0.5, 0.6) is 0 Å². The van der Waals surface area contributed by atoms with Gasteiger partial charge >= 0.3 is 0 Å². The molecule has 1 amide bonds. The number of aliphatic hydroxyl groups excluding tert-OH is 5. The van der Waals surface area contributed by atoms with E-state index in [2.05, 4.69) is 55.6 Å². The number of amides is 1. The van der Waals surface area contributed by atoms with Crippen molar-refractivity contribution in [3.8, 4) is 0 Å². The lowest BCUT2D eigenvalue weighted by Gasteiger charge is -2.40. The molecule has 0 aliphatic carbocycles. The Bertz CT molecular complexity index is 967. The normalized spacial score (nSPS) is 22.1. The molecule has 7 atom stereocenters. The van der Waals surface area contributed by atoms with Crippen molar-refractivity contribution in [2.45, 2.75) is 211 Å². The van der Waals surface area contributed by atoms with Gasteiger partial charge in [0.05, 0.1) is 25.4 Å². The fourth-order valence-electron chi connectivity index (χ4n) is 6.46. The van der Waals surface area contributed by atoms with Crippen LogP contribution in [-0.2, 0) is 14.3 Å². The zero-order valence-electron chi connectivity index (χ0n) is 33.5. The number of hydrogen-bond acceptors (Lipinski definition) is 8. The summed E-state index contributed by atoms with van der Waals surface area (Å²) in [5, 5.41) is 54.0. The van der Waals surface area contributed by atoms with Gasteiger partial charge in [0.15, 0.2) is 6.29 Å². The average Bonchev–Trinajstić information content (AvgIpc) is 3.16. The molecule has 1 heterocycles. The van der Waals surface area contributed by atoms with Gasteiger partial charge in [-0.05, 0) is 51.4 Å². The second-order valence-electron chi connectivity index (χ2n) is 14.8. The van der Waals surface area contributed by atoms with Gasteiger partial charge in [-0.15, -0.1) is 0 Å². The van der Waals surface area contributed by atoms with Gasteiger partial charge in [0.1, 0.15) is 24.4 Å². The van der Waals surface area contributed by atoms with E-state index >= 15 is 0 Å². The summed E-state index contributed by atoms with van der Waals surface area (Å²) in [6.07, 6.45) is 35.7. The van der Waals surface area contributed by atoms with E-state index in [-0.39, 0.29) is 12.5 Å². The minimum absolute atomic E-state index is 0.190. The SMILES string of the molecule is CC/C=C\C/C=C\C/C=C\CCCCCCCCCC(=O)NC(COC1OC(CO)C(O)C(O)C1O)C(O)/C=C/CCCCCCCCCCCCC. The molecule has 0 aromatic rings. The highest BCUT2D eigenvalue weighted by molar-refractivity contribution is 5.76. The van der Waals surface area contributed by atoms with Crippen molar-refractivity contribution in [2.24, 2.45) is 0 Å². The number of carbonyl (C=O) groups excluding carboxylic acids is 1. The predicted molar refractivity (Wildman–Crippen MR) is 216 cm³/mol. The molecule has 9 nitrogen and oxygen atoms in total. The van der Waals surface area contributed by atoms with Crippen LogP contribution in [0.2, 0.25) is 0 Å². The first-order chi connectivity index (χ1) is 25.8. The van der Waals surface area contributed by atoms with Gasteiger partial charge in [0.25, 0.3) is 0 Å². The van der Waals surface area contributed by atoms with Crippen LogP contribution in [0.25, 0.3) is 0 Å². The van der Waals surface area contributed by atoms with E-state index in [0.29, 0.717) is 6.42 Å². The van der Waals surface area contributed by atoms with E-state index in [1.54, 1.807) is 6.08 Å². The number of unbranched alkanes of at least 4 members (excludes halogenated alkanes) is 18. The number of ether oxygens (including phenoxy) is 2. The molecule has 0 saturated carbocycles. The van der Waals surface area contributed by atoms with Gasteiger partial charge in [0, 0.05) is 6.42 Å². The van der Waals surface area contributed by atoms with Crippen LogP contribution in [0.3, 0.4) is 0 Å². The summed E-state index contributed by atoms with van der Waals surface area (Å²) in [4.78, 5) is 12.9. The molecule has 1 saturated heterocycles. The highest BCUT2D eigenvalue weighted by atomic mass is 16.7. The highest BCUT2D eigenvalue weighted by Gasteiger charge is 2.44. The first-order valence-electron chi connectivity index (χ1n) is 21.4. The number of allylic oxidation sites excluding steroid dienone is 7. The Labute approximate surface area is 323 Å². The maximum absolute atomic E-state index is 12.9. The Balaban J connectivity index is 2.40. The molecule has 0 aromatic carbocycles. The van der Waals surface area contributed by atoms with Crippen molar-refractivity contribution >= 4 is 5.91 Å². The van der Waals surface area contributed by atoms with Crippen molar-refractivity contribution in [1.82, 2.24) is 5.32 Å². The lowest BCUT2D eigenvalue weighted by molar-refractivity contribution is -0.302. The standard InChI is InChI=1S/C44H79NO8/c1-3-5-7-9-11-13-15-17-18-19-20-22-24-26-28-30-32-34-40(48)45-37(36-52-44-43(51)42(50)41(49)39(35-46)53-44)38(47)33-31-29-27-25-23-21-16-14-12-10-8-6-4-2/h5,7,11,13,17-18,31,33,37-39,41-44,46-47,49-51H,3-4,6,8-10,12,14-16,19-30,32,34-36H2,1-2H3,(H,45,48)/b7-5-,13-11-,18-17-,33-31+. The van der Waals surface area contributed by atoms with Crippen molar-refractivity contribution in [3.63, 3.8) is 0 Å². The molecule has 1 fully saturated rings. The Morgan fingerprint density at radius 3 is 1.74 bits per heavy atom. The maximum Gasteiger partial charge on any atom is 0.220 e. The Morgan fingerprint density at radius 1 is 0.660 bits per heavy atom. The van der Waals surface area contributed by atoms with Crippen molar-refractivity contribution in [1.29, 1.82) is 0 Å². The monoisotopic (exact) mass is 750 g/mol. The Morgan fingerprint density at radius 2 is 1.17 bits per heavy atom. The van der Waals surface area contributed by atoms with Crippen LogP contribution < -0.4 is 5.32 Å². The molecule has 9 heteroatoms. The molecule has 0 spiro atoms. The predicted octanol–water partition coefficient (Wildman–Crippen LogP) is 8.28. The van der Waals surface area contributed by atoms with E-state index in [1.807, 2.05) is 6.08 Å². The molecular formula is C44H79NO8. The van der Waals surface area contributed by atoms with E-state index < -0.39 is 49.5 Å². The van der Waals surface area contributed by atoms with Gasteiger partial charge in [-0.25, -0.2) is 0 Å². The number of carbonyl (C=O) groups is 1. The van der Waals surface area contributed by atoms with Gasteiger partial charge in [-0.1, -0.05) is 159 Å². The largest absolute Gasteiger partial charge is 0.394 e. The molecule has 53 heavy (non-hydrogen) atoms. The summed E-state index contributed by atoms with van der Waals surface area (Å²) in [5.41, 5.74) is 0. The van der Waals surface area contributed by atoms with Crippen LogP contribution in [0.4, 0.5) is 0 Å². The smallest absolute Gasteiger partial charge is 0.220 e. The number of rotatable bonds is 34. The fourth-order valence-corrected chi connectivity index (χ4v) is 6.46. The first-order valence-corrected chi connectivity index (χ1v) is 21.4. The second kappa shape index (κ2) is 34.6. The third-order valence-corrected chi connectivity index (χ3v) is 9.91. The average molecular weight is 750 g/mol. The van der Waals surface area contributed by atoms with E-state index in [4.69, 9.17) is 9.47 Å². The third kappa shape index (κ3) is 25.8. The molecule has 0 bridgehead atoms. The molecule has 7 unspecified atom stereocenters. The van der Waals surface area contributed by atoms with Crippen LogP contribution in [0.15, 0.2) is 48.6 Å². The van der Waals surface area contributed by atoms with Gasteiger partial charge in [0.2, 0.25) is 5.91 Å². The number of hydrogen-bond donors (Lipinski definition) is 6. The Hall–Kier alpha value is -1.85. The molecule has 6 N–H and O–H groups in total. The second-order valence-corrected chi connectivity index (χ2v) is 14.8. The summed E-state index contributed by atoms with van der Waals surface area (Å²) in [5.74, 6) is -0.190. The molecule has 1 aliphatic heterocycles. The molecular weight excluding hydrogens is 670 g/mol. The summed E-state index contributed by atoms with van der Waals surface area (Å²) in [6, 6.07) is -0.809. The lowest BCUT2D eigenvalue weighted by atomic mass is 9.99. The third-order valence-electron chi connectivity index (χ3n) is 9.91. The van der Waals surface area contributed by atoms with Crippen molar-refractivity contribution in [3.05, 3.63) is 48.6 Å². The zero-order valence-corrected chi connectivity index (χ0v) is 33.5. The minimum Gasteiger partial charge on any atom is -0.394 e. The number of nitrogens with one attached hydrogen (secondary N) is 1. The Kier molecular flexibility index (Phi) is 32.1. The van der Waals surface area contributed by atoms with Crippen LogP contribution in [0.1, 0.15) is 168 Å². The first kappa shape index (κ1) is 49.2. The van der Waals surface area contributed by atoms with E-state index in [0.717, 1.165) is 70.6 Å². The summed E-state index contributed by atoms with van der Waals surface area (Å²) >= 11 is 0. The highest BCUT2D eigenvalue weighted by Crippen LogP contribution is 2.22. The topological polar surface area (TPSA) is 149 Å². The molecule has 308 valence electrons. The van der Waals surface area contributed by atoms with Gasteiger partial charge < -0.3 is 40.3 Å². The molecule has 0 radical (unpaired) electrons. The van der Waals surface area contributed by atoms with Crippen molar-refractivity contribution < 1.29 is 39.8 Å². The van der Waals surface area contributed by atoms with E-state index in [9.17, 15) is 30.3 Å². The molecule has 1 rings (SSSR count). The fraction of sp³-hybridized carbons (Fsp3) is 0.795. The molecule has 1 aliphatic rings.